The first-order valence-corrected chi connectivity index (χ1v) is 13.1. The highest BCUT2D eigenvalue weighted by Gasteiger charge is 2.35. The quantitative estimate of drug-likeness (QED) is 0.515. The van der Waals surface area contributed by atoms with Crippen molar-refractivity contribution in [1.29, 1.82) is 0 Å². The van der Waals surface area contributed by atoms with Crippen molar-refractivity contribution in [2.45, 2.75) is 48.5 Å². The Labute approximate surface area is 208 Å². The highest BCUT2D eigenvalue weighted by atomic mass is 32.2. The van der Waals surface area contributed by atoms with Crippen LogP contribution in [-0.2, 0) is 16.2 Å². The second kappa shape index (κ2) is 10.5. The van der Waals surface area contributed by atoms with E-state index in [1.807, 2.05) is 14.1 Å². The molecular formula is C24H29F3N6O2S. The Morgan fingerprint density at radius 3 is 2.58 bits per heavy atom. The van der Waals surface area contributed by atoms with E-state index in [9.17, 15) is 21.6 Å². The number of rotatable bonds is 7. The van der Waals surface area contributed by atoms with Gasteiger partial charge in [-0.2, -0.15) is 21.6 Å². The van der Waals surface area contributed by atoms with Gasteiger partial charge in [0.05, 0.1) is 30.3 Å². The molecule has 1 aromatic carbocycles. The summed E-state index contributed by atoms with van der Waals surface area (Å²) in [6, 6.07) is 8.78. The van der Waals surface area contributed by atoms with Gasteiger partial charge in [0.15, 0.2) is 5.03 Å². The van der Waals surface area contributed by atoms with Gasteiger partial charge in [-0.3, -0.25) is 9.71 Å². The lowest BCUT2D eigenvalue weighted by Crippen LogP contribution is -2.47. The minimum Gasteiger partial charge on any atom is -0.379 e. The maximum absolute atomic E-state index is 13.2. The molecule has 2 aromatic rings. The van der Waals surface area contributed by atoms with Gasteiger partial charge in [-0.15, -0.1) is 0 Å². The lowest BCUT2D eigenvalue weighted by atomic mass is 9.78. The number of hydrogen-bond acceptors (Lipinski definition) is 7. The van der Waals surface area contributed by atoms with Crippen molar-refractivity contribution in [3.05, 3.63) is 65.6 Å². The van der Waals surface area contributed by atoms with Crippen LogP contribution in [0.4, 0.5) is 18.9 Å². The van der Waals surface area contributed by atoms with Gasteiger partial charge in [0.25, 0.3) is 10.0 Å². The summed E-state index contributed by atoms with van der Waals surface area (Å²) in [5, 5.41) is 6.05. The number of aromatic nitrogens is 1. The molecule has 8 nitrogen and oxygen atoms in total. The molecule has 12 heteroatoms. The van der Waals surface area contributed by atoms with Crippen LogP contribution < -0.4 is 15.4 Å². The first-order valence-electron chi connectivity index (χ1n) is 11.6. The summed E-state index contributed by atoms with van der Waals surface area (Å²) in [5.41, 5.74) is 0.749. The summed E-state index contributed by atoms with van der Waals surface area (Å²) >= 11 is 0. The van der Waals surface area contributed by atoms with Crippen molar-refractivity contribution < 1.29 is 21.6 Å². The largest absolute Gasteiger partial charge is 0.416 e. The van der Waals surface area contributed by atoms with Gasteiger partial charge in [-0.1, -0.05) is 18.2 Å². The van der Waals surface area contributed by atoms with Crippen LogP contribution in [0.5, 0.6) is 0 Å². The van der Waals surface area contributed by atoms with E-state index in [0.717, 1.165) is 18.9 Å². The average Bonchev–Trinajstić information content (AvgIpc) is 2.84. The number of nitrogens with one attached hydrogen (secondary N) is 3. The number of likely N-dealkylation sites (N-methyl/N-ethyl adjacent to an activating group) is 1. The molecule has 2 heterocycles. The first-order chi connectivity index (χ1) is 17.0. The van der Waals surface area contributed by atoms with E-state index >= 15 is 0 Å². The molecule has 2 aliphatic rings. The minimum absolute atomic E-state index is 0.0159. The lowest BCUT2D eigenvalue weighted by Gasteiger charge is -2.41. The van der Waals surface area contributed by atoms with Crippen molar-refractivity contribution in [1.82, 2.24) is 19.9 Å². The highest BCUT2D eigenvalue weighted by Crippen LogP contribution is 2.38. The molecule has 36 heavy (non-hydrogen) atoms. The molecule has 1 saturated carbocycles. The second-order valence-corrected chi connectivity index (χ2v) is 10.8. The third kappa shape index (κ3) is 6.16. The van der Waals surface area contributed by atoms with Crippen LogP contribution in [0.15, 0.2) is 64.5 Å². The fraction of sp³-hybridized carbons (Fsp3) is 0.417. The Morgan fingerprint density at radius 1 is 1.14 bits per heavy atom. The predicted molar refractivity (Wildman–Crippen MR) is 132 cm³/mol. The van der Waals surface area contributed by atoms with Crippen molar-refractivity contribution in [3.63, 3.8) is 0 Å². The van der Waals surface area contributed by atoms with Crippen molar-refractivity contribution in [2.24, 2.45) is 4.99 Å². The van der Waals surface area contributed by atoms with Crippen LogP contribution in [0.1, 0.15) is 36.3 Å². The number of sulfonamides is 1. The zero-order valence-corrected chi connectivity index (χ0v) is 20.8. The van der Waals surface area contributed by atoms with Crippen LogP contribution in [0.3, 0.4) is 0 Å². The molecule has 194 valence electrons. The van der Waals surface area contributed by atoms with Gasteiger partial charge in [0.1, 0.15) is 5.82 Å². The number of aliphatic imine (C=N–C) groups is 1. The van der Waals surface area contributed by atoms with Gasteiger partial charge >= 0.3 is 6.18 Å². The number of benzene rings is 1. The maximum Gasteiger partial charge on any atom is 0.416 e. The van der Waals surface area contributed by atoms with Crippen molar-refractivity contribution in [3.8, 4) is 0 Å². The summed E-state index contributed by atoms with van der Waals surface area (Å²) in [7, 11) is 0.0455. The number of hydrogen-bond donors (Lipinski definition) is 3. The smallest absolute Gasteiger partial charge is 0.379 e. The lowest BCUT2D eigenvalue weighted by molar-refractivity contribution is -0.137. The van der Waals surface area contributed by atoms with Gasteiger partial charge in [-0.25, -0.2) is 4.98 Å². The van der Waals surface area contributed by atoms with E-state index in [1.54, 1.807) is 18.2 Å². The van der Waals surface area contributed by atoms with Crippen LogP contribution in [-0.4, -0.2) is 57.4 Å². The van der Waals surface area contributed by atoms with E-state index in [1.165, 1.54) is 30.7 Å². The Hall–Kier alpha value is -3.12. The van der Waals surface area contributed by atoms with Gasteiger partial charge in [-0.05, 0) is 69.1 Å². The van der Waals surface area contributed by atoms with E-state index < -0.39 is 21.8 Å². The number of nitrogens with zero attached hydrogens (tertiary/aromatic N) is 3. The van der Waals surface area contributed by atoms with Crippen LogP contribution in [0, 0.1) is 0 Å². The molecule has 1 unspecified atom stereocenters. The van der Waals surface area contributed by atoms with Crippen LogP contribution in [0.2, 0.25) is 0 Å². The fourth-order valence-electron chi connectivity index (χ4n) is 4.64. The number of halogens is 3. The normalized spacial score (nSPS) is 22.6. The molecule has 1 aromatic heterocycles. The van der Waals surface area contributed by atoms with E-state index in [2.05, 4.69) is 30.2 Å². The summed E-state index contributed by atoms with van der Waals surface area (Å²) in [6.45, 7) is 0.379. The molecular weight excluding hydrogens is 493 g/mol. The Morgan fingerprint density at radius 2 is 1.94 bits per heavy atom. The summed E-state index contributed by atoms with van der Waals surface area (Å²) in [5.74, 6) is 0.336. The van der Waals surface area contributed by atoms with Crippen LogP contribution >= 0.6 is 0 Å². The number of anilines is 1. The van der Waals surface area contributed by atoms with Crippen molar-refractivity contribution in [2.75, 3.05) is 26.0 Å². The summed E-state index contributed by atoms with van der Waals surface area (Å²) in [6.07, 6.45) is 2.32. The van der Waals surface area contributed by atoms with E-state index in [-0.39, 0.29) is 23.0 Å². The molecule has 3 atom stereocenters. The monoisotopic (exact) mass is 522 g/mol. The third-order valence-electron chi connectivity index (χ3n) is 6.49. The Balaban J connectivity index is 1.43. The molecule has 4 rings (SSSR count). The number of alkyl halides is 3. The molecule has 0 saturated heterocycles. The highest BCUT2D eigenvalue weighted by molar-refractivity contribution is 7.89. The molecule has 0 radical (unpaired) electrons. The molecule has 0 bridgehead atoms. The zero-order chi connectivity index (χ0) is 25.9. The molecule has 0 spiro atoms. The summed E-state index contributed by atoms with van der Waals surface area (Å²) in [4.78, 5) is 10.1. The molecule has 3 N–H and O–H groups in total. The molecule has 1 fully saturated rings. The standard InChI is InChI=1S/C24H29F3N6O2S/c1-33(2)21-13-17(16-4-3-5-18(12-16)24(25,26)27)6-8-20(21)31-19-7-9-23(29-14-19)36(34,35)32-22-10-11-28-15-30-22/h3-5,7,9-10,12,14-15,17,20-21,31-32H,6,8,11,13H2,1-2H3,(H,28,30)/t17-,20?,21-/m0/s1. The van der Waals surface area contributed by atoms with Crippen molar-refractivity contribution >= 4 is 22.0 Å². The maximum atomic E-state index is 13.2. The molecule has 1 aliphatic carbocycles. The predicted octanol–water partition coefficient (Wildman–Crippen LogP) is 3.53. The minimum atomic E-state index is -4.37. The Bertz CT molecular complexity index is 1230. The fourth-order valence-corrected chi connectivity index (χ4v) is 5.61. The topological polar surface area (TPSA) is 98.7 Å². The van der Waals surface area contributed by atoms with Gasteiger partial charge < -0.3 is 15.5 Å². The average molecular weight is 523 g/mol. The number of pyridine rings is 1. The Kier molecular flexibility index (Phi) is 7.55. The van der Waals surface area contributed by atoms with Gasteiger partial charge in [0.2, 0.25) is 0 Å². The second-order valence-electron chi connectivity index (χ2n) is 9.16. The van der Waals surface area contributed by atoms with E-state index in [0.29, 0.717) is 30.0 Å². The third-order valence-corrected chi connectivity index (χ3v) is 7.77. The van der Waals surface area contributed by atoms with Crippen LogP contribution in [0.25, 0.3) is 0 Å². The zero-order valence-electron chi connectivity index (χ0n) is 20.0. The SMILES string of the molecule is CN(C)[C@H]1C[C@@H](c2cccc(C(F)(F)F)c2)CCC1Nc1ccc(S(=O)(=O)NC2=CCN=CN2)nc1. The van der Waals surface area contributed by atoms with Gasteiger partial charge in [0, 0.05) is 12.1 Å². The first kappa shape index (κ1) is 26.0. The summed E-state index contributed by atoms with van der Waals surface area (Å²) < 4.78 is 67.2. The van der Waals surface area contributed by atoms with E-state index in [4.69, 9.17) is 0 Å². The molecule has 1 aliphatic heterocycles. The molecule has 0 amide bonds.